The van der Waals surface area contributed by atoms with Crippen LogP contribution in [0.3, 0.4) is 0 Å². The van der Waals surface area contributed by atoms with Crippen molar-refractivity contribution in [2.75, 3.05) is 16.9 Å². The predicted octanol–water partition coefficient (Wildman–Crippen LogP) is 4.77. The van der Waals surface area contributed by atoms with E-state index < -0.39 is 6.04 Å². The smallest absolute Gasteiger partial charge is 0.294 e. The maximum absolute atomic E-state index is 13.5. The van der Waals surface area contributed by atoms with Crippen molar-refractivity contribution in [1.29, 1.82) is 0 Å². The van der Waals surface area contributed by atoms with Crippen molar-refractivity contribution in [2.45, 2.75) is 19.9 Å². The molecule has 9 heteroatoms. The minimum Gasteiger partial charge on any atom is -0.324 e. The Morgan fingerprint density at radius 3 is 2.59 bits per heavy atom. The summed E-state index contributed by atoms with van der Waals surface area (Å²) in [5, 5.41) is 9.49. The molecule has 1 atom stereocenters. The van der Waals surface area contributed by atoms with Crippen molar-refractivity contribution in [3.8, 4) is 16.4 Å². The summed E-state index contributed by atoms with van der Waals surface area (Å²) >= 11 is 3.08. The minimum absolute atomic E-state index is 0.0822. The average molecular weight is 490 g/mol. The summed E-state index contributed by atoms with van der Waals surface area (Å²) in [6.45, 7) is 4.03. The van der Waals surface area contributed by atoms with Gasteiger partial charge < -0.3 is 10.2 Å². The number of aromatic nitrogens is 3. The number of hydrogen-bond donors (Lipinski definition) is 1. The van der Waals surface area contributed by atoms with Crippen LogP contribution in [0.25, 0.3) is 16.4 Å². The molecule has 4 aromatic rings. The topological polar surface area (TPSA) is 80.1 Å². The number of nitrogens with one attached hydrogen (secondary N) is 1. The first-order chi connectivity index (χ1) is 16.5. The van der Waals surface area contributed by atoms with Gasteiger partial charge in [0.15, 0.2) is 5.82 Å². The van der Waals surface area contributed by atoms with Gasteiger partial charge in [0, 0.05) is 11.4 Å². The number of rotatable bonds is 5. The van der Waals surface area contributed by atoms with E-state index in [0.717, 1.165) is 27.4 Å². The zero-order valence-electron chi connectivity index (χ0n) is 18.8. The highest BCUT2D eigenvalue weighted by atomic mass is 32.2. The van der Waals surface area contributed by atoms with E-state index in [9.17, 15) is 9.59 Å². The highest BCUT2D eigenvalue weighted by Crippen LogP contribution is 2.28. The third-order valence-corrected chi connectivity index (χ3v) is 7.64. The SMILES string of the molecule is Cc1ccc(NC(=O)C2CSCN2C(=O)c2nc(-c3cccs3)n(-c3ccccc3)n2)cc1C. The summed E-state index contributed by atoms with van der Waals surface area (Å²) in [6, 6.07) is 18.7. The molecule has 5 rings (SSSR count). The Hall–Kier alpha value is -3.43. The van der Waals surface area contributed by atoms with E-state index in [2.05, 4.69) is 15.4 Å². The lowest BCUT2D eigenvalue weighted by Gasteiger charge is -2.22. The van der Waals surface area contributed by atoms with Crippen LogP contribution in [0.15, 0.2) is 66.0 Å². The summed E-state index contributed by atoms with van der Waals surface area (Å²) in [6.07, 6.45) is 0. The van der Waals surface area contributed by atoms with Crippen LogP contribution in [0, 0.1) is 13.8 Å². The van der Waals surface area contributed by atoms with Gasteiger partial charge in [0.2, 0.25) is 11.7 Å². The lowest BCUT2D eigenvalue weighted by Crippen LogP contribution is -2.44. The number of para-hydroxylation sites is 1. The first-order valence-electron chi connectivity index (χ1n) is 10.8. The molecule has 1 aliphatic heterocycles. The second kappa shape index (κ2) is 9.44. The Kier molecular flexibility index (Phi) is 6.21. The largest absolute Gasteiger partial charge is 0.324 e. The lowest BCUT2D eigenvalue weighted by molar-refractivity contribution is -0.119. The Morgan fingerprint density at radius 1 is 1.03 bits per heavy atom. The molecule has 1 N–H and O–H groups in total. The summed E-state index contributed by atoms with van der Waals surface area (Å²) < 4.78 is 1.69. The summed E-state index contributed by atoms with van der Waals surface area (Å²) in [7, 11) is 0. The van der Waals surface area contributed by atoms with Crippen LogP contribution in [0.4, 0.5) is 5.69 Å². The molecule has 2 aromatic carbocycles. The van der Waals surface area contributed by atoms with E-state index in [1.54, 1.807) is 21.3 Å². The van der Waals surface area contributed by atoms with Gasteiger partial charge in [0.1, 0.15) is 6.04 Å². The molecule has 1 unspecified atom stereocenters. The molecule has 2 aromatic heterocycles. The Balaban J connectivity index is 1.42. The Bertz CT molecular complexity index is 1330. The number of thiophene rings is 1. The second-order valence-electron chi connectivity index (χ2n) is 8.06. The van der Waals surface area contributed by atoms with Gasteiger partial charge in [-0.15, -0.1) is 28.2 Å². The van der Waals surface area contributed by atoms with Crippen molar-refractivity contribution >= 4 is 40.6 Å². The minimum atomic E-state index is -0.590. The zero-order valence-corrected chi connectivity index (χ0v) is 20.4. The summed E-state index contributed by atoms with van der Waals surface area (Å²) in [4.78, 5) is 33.6. The van der Waals surface area contributed by atoms with E-state index in [0.29, 0.717) is 17.5 Å². The Labute approximate surface area is 205 Å². The van der Waals surface area contributed by atoms with Crippen molar-refractivity contribution in [1.82, 2.24) is 19.7 Å². The maximum atomic E-state index is 13.5. The number of benzene rings is 2. The molecule has 2 amide bonds. The summed E-state index contributed by atoms with van der Waals surface area (Å²) in [5.41, 5.74) is 3.80. The van der Waals surface area contributed by atoms with Crippen LogP contribution < -0.4 is 5.32 Å². The average Bonchev–Trinajstić information content (AvgIpc) is 3.61. The number of nitrogens with zero attached hydrogens (tertiary/aromatic N) is 4. The van der Waals surface area contributed by atoms with Crippen LogP contribution >= 0.6 is 23.1 Å². The first kappa shape index (κ1) is 22.4. The van der Waals surface area contributed by atoms with Gasteiger partial charge in [-0.1, -0.05) is 30.3 Å². The number of aryl methyl sites for hydroxylation is 2. The van der Waals surface area contributed by atoms with E-state index in [1.165, 1.54) is 11.3 Å². The van der Waals surface area contributed by atoms with Crippen molar-refractivity contribution in [2.24, 2.45) is 0 Å². The normalized spacial score (nSPS) is 15.5. The first-order valence-corrected chi connectivity index (χ1v) is 12.9. The molecule has 1 saturated heterocycles. The molecule has 0 aliphatic carbocycles. The lowest BCUT2D eigenvalue weighted by atomic mass is 10.1. The number of anilines is 1. The summed E-state index contributed by atoms with van der Waals surface area (Å²) in [5.74, 6) is 1.07. The number of carbonyl (C=O) groups is 2. The quantitative estimate of drug-likeness (QED) is 0.437. The molecule has 0 spiro atoms. The standard InChI is InChI=1S/C25H23N5O2S2/c1-16-10-11-18(13-17(16)2)26-24(31)20-14-33-15-29(20)25(32)22-27-23(21-9-6-12-34-21)30(28-22)19-7-4-3-5-8-19/h3-13,20H,14-15H2,1-2H3,(H,26,31). The van der Waals surface area contributed by atoms with Gasteiger partial charge in [-0.2, -0.15) is 0 Å². The molecule has 0 bridgehead atoms. The highest BCUT2D eigenvalue weighted by molar-refractivity contribution is 7.99. The second-order valence-corrected chi connectivity index (χ2v) is 10.0. The third-order valence-electron chi connectivity index (χ3n) is 5.76. The van der Waals surface area contributed by atoms with Crippen LogP contribution in [-0.2, 0) is 4.79 Å². The Morgan fingerprint density at radius 2 is 1.85 bits per heavy atom. The van der Waals surface area contributed by atoms with Crippen molar-refractivity contribution in [3.05, 3.63) is 83.0 Å². The fourth-order valence-electron chi connectivity index (χ4n) is 3.75. The predicted molar refractivity (Wildman–Crippen MR) is 137 cm³/mol. The van der Waals surface area contributed by atoms with Gasteiger partial charge in [-0.3, -0.25) is 9.59 Å². The third kappa shape index (κ3) is 4.36. The van der Waals surface area contributed by atoms with Crippen LogP contribution in [0.5, 0.6) is 0 Å². The van der Waals surface area contributed by atoms with E-state index in [1.807, 2.05) is 79.9 Å². The number of carbonyl (C=O) groups excluding carboxylic acids is 2. The molecule has 34 heavy (non-hydrogen) atoms. The van der Waals surface area contributed by atoms with Gasteiger partial charge in [0.05, 0.1) is 16.4 Å². The van der Waals surface area contributed by atoms with Crippen molar-refractivity contribution in [3.63, 3.8) is 0 Å². The molecular weight excluding hydrogens is 466 g/mol. The molecule has 1 fully saturated rings. The fourth-order valence-corrected chi connectivity index (χ4v) is 5.60. The van der Waals surface area contributed by atoms with E-state index in [-0.39, 0.29) is 17.6 Å². The van der Waals surface area contributed by atoms with Crippen LogP contribution in [0.2, 0.25) is 0 Å². The zero-order chi connectivity index (χ0) is 23.7. The highest BCUT2D eigenvalue weighted by Gasteiger charge is 2.37. The van der Waals surface area contributed by atoms with Crippen molar-refractivity contribution < 1.29 is 9.59 Å². The molecule has 0 saturated carbocycles. The van der Waals surface area contributed by atoms with Gasteiger partial charge in [-0.05, 0) is 60.7 Å². The fraction of sp³-hybridized carbons (Fsp3) is 0.200. The monoisotopic (exact) mass is 489 g/mol. The van der Waals surface area contributed by atoms with E-state index >= 15 is 0 Å². The van der Waals surface area contributed by atoms with Gasteiger partial charge in [-0.25, -0.2) is 9.67 Å². The molecule has 172 valence electrons. The van der Waals surface area contributed by atoms with E-state index in [4.69, 9.17) is 0 Å². The number of thioether (sulfide) groups is 1. The van der Waals surface area contributed by atoms with Gasteiger partial charge in [0.25, 0.3) is 5.91 Å². The number of amides is 2. The molecular formula is C25H23N5O2S2. The molecule has 1 aliphatic rings. The van der Waals surface area contributed by atoms with Gasteiger partial charge >= 0.3 is 0 Å². The maximum Gasteiger partial charge on any atom is 0.294 e. The molecule has 3 heterocycles. The molecule has 7 nitrogen and oxygen atoms in total. The van der Waals surface area contributed by atoms with Crippen LogP contribution in [-0.4, -0.2) is 49.2 Å². The molecule has 0 radical (unpaired) electrons. The number of hydrogen-bond acceptors (Lipinski definition) is 6. The van der Waals surface area contributed by atoms with Crippen LogP contribution in [0.1, 0.15) is 21.7 Å².